The van der Waals surface area contributed by atoms with E-state index in [0.29, 0.717) is 23.4 Å². The van der Waals surface area contributed by atoms with Crippen LogP contribution in [-0.2, 0) is 4.79 Å². The van der Waals surface area contributed by atoms with Crippen LogP contribution in [0.15, 0.2) is 41.0 Å². The van der Waals surface area contributed by atoms with Gasteiger partial charge in [-0.2, -0.15) is 8.75 Å². The van der Waals surface area contributed by atoms with E-state index in [-0.39, 0.29) is 16.8 Å². The lowest BCUT2D eigenvalue weighted by atomic mass is 9.92. The molecule has 0 saturated carbocycles. The average molecular weight is 334 g/mol. The molecule has 112 valence electrons. The van der Waals surface area contributed by atoms with E-state index in [1.807, 2.05) is 13.0 Å². The number of para-hydroxylation sites is 1. The van der Waals surface area contributed by atoms with Crippen molar-refractivity contribution < 1.29 is 9.53 Å². The Kier molecular flexibility index (Phi) is 4.31. The molecule has 0 amide bonds. The monoisotopic (exact) mass is 333 g/mol. The van der Waals surface area contributed by atoms with Crippen LogP contribution in [0, 0.1) is 5.92 Å². The number of allylic oxidation sites excluding steroid dienone is 1. The second-order valence-electron chi connectivity index (χ2n) is 4.82. The first kappa shape index (κ1) is 14.9. The average Bonchev–Trinajstić information content (AvgIpc) is 2.94. The molecule has 0 spiro atoms. The SMILES string of the molecule is CC1CC=NC(C(=O)Oc2ccccc2)=C1c1nsnc1Cl. The molecular weight excluding hydrogens is 322 g/mol. The zero-order valence-corrected chi connectivity index (χ0v) is 13.3. The van der Waals surface area contributed by atoms with E-state index in [1.54, 1.807) is 30.5 Å². The number of ether oxygens (including phenoxy) is 1. The van der Waals surface area contributed by atoms with E-state index in [4.69, 9.17) is 16.3 Å². The zero-order chi connectivity index (χ0) is 15.5. The van der Waals surface area contributed by atoms with Crippen molar-refractivity contribution in [2.45, 2.75) is 13.3 Å². The molecule has 0 saturated heterocycles. The topological polar surface area (TPSA) is 64.4 Å². The van der Waals surface area contributed by atoms with Crippen LogP contribution >= 0.6 is 23.3 Å². The van der Waals surface area contributed by atoms with Crippen molar-refractivity contribution in [1.29, 1.82) is 0 Å². The molecule has 7 heteroatoms. The Morgan fingerprint density at radius 3 is 2.77 bits per heavy atom. The molecule has 1 aromatic carbocycles. The quantitative estimate of drug-likeness (QED) is 0.635. The number of carbonyl (C=O) groups is 1. The van der Waals surface area contributed by atoms with Crippen molar-refractivity contribution in [1.82, 2.24) is 8.75 Å². The number of nitrogens with zero attached hydrogens (tertiary/aromatic N) is 3. The minimum Gasteiger partial charge on any atom is -0.422 e. The van der Waals surface area contributed by atoms with Gasteiger partial charge in [0.05, 0.1) is 11.7 Å². The van der Waals surface area contributed by atoms with Gasteiger partial charge in [-0.15, -0.1) is 0 Å². The van der Waals surface area contributed by atoms with Gasteiger partial charge in [0.25, 0.3) is 0 Å². The number of rotatable bonds is 3. The maximum absolute atomic E-state index is 12.4. The molecule has 0 aliphatic carbocycles. The third kappa shape index (κ3) is 2.93. The van der Waals surface area contributed by atoms with Gasteiger partial charge >= 0.3 is 5.97 Å². The molecule has 2 heterocycles. The third-order valence-electron chi connectivity index (χ3n) is 3.28. The predicted molar refractivity (Wildman–Crippen MR) is 86.2 cm³/mol. The molecule has 0 radical (unpaired) electrons. The van der Waals surface area contributed by atoms with Gasteiger partial charge in [-0.1, -0.05) is 36.7 Å². The maximum atomic E-state index is 12.4. The number of hydrogen-bond donors (Lipinski definition) is 0. The second-order valence-corrected chi connectivity index (χ2v) is 5.70. The van der Waals surface area contributed by atoms with Gasteiger partial charge in [0.1, 0.15) is 11.4 Å². The number of benzene rings is 1. The van der Waals surface area contributed by atoms with Crippen LogP contribution in [0.2, 0.25) is 5.15 Å². The van der Waals surface area contributed by atoms with Crippen LogP contribution in [-0.4, -0.2) is 20.9 Å². The number of esters is 1. The minimum absolute atomic E-state index is 0.0669. The fourth-order valence-corrected chi connectivity index (χ4v) is 2.97. The lowest BCUT2D eigenvalue weighted by molar-refractivity contribution is -0.130. The molecule has 0 N–H and O–H groups in total. The molecular formula is C15H12ClN3O2S. The normalized spacial score (nSPS) is 17.6. The Balaban J connectivity index is 1.99. The zero-order valence-electron chi connectivity index (χ0n) is 11.7. The first-order valence-electron chi connectivity index (χ1n) is 6.69. The number of halogens is 1. The Hall–Kier alpha value is -2.05. The van der Waals surface area contributed by atoms with E-state index >= 15 is 0 Å². The van der Waals surface area contributed by atoms with Crippen LogP contribution in [0.25, 0.3) is 5.57 Å². The molecule has 0 bridgehead atoms. The summed E-state index contributed by atoms with van der Waals surface area (Å²) in [7, 11) is 0. The van der Waals surface area contributed by atoms with E-state index in [9.17, 15) is 4.79 Å². The molecule has 1 aliphatic rings. The lowest BCUT2D eigenvalue weighted by Gasteiger charge is -2.19. The lowest BCUT2D eigenvalue weighted by Crippen LogP contribution is -2.18. The fraction of sp³-hybridized carbons (Fsp3) is 0.200. The van der Waals surface area contributed by atoms with Crippen LogP contribution in [0.1, 0.15) is 19.0 Å². The smallest absolute Gasteiger partial charge is 0.362 e. The largest absolute Gasteiger partial charge is 0.422 e. The van der Waals surface area contributed by atoms with Gasteiger partial charge in [0.2, 0.25) is 0 Å². The highest BCUT2D eigenvalue weighted by Crippen LogP contribution is 2.35. The summed E-state index contributed by atoms with van der Waals surface area (Å²) in [5, 5.41) is 0.286. The van der Waals surface area contributed by atoms with Crippen LogP contribution in [0.4, 0.5) is 0 Å². The van der Waals surface area contributed by atoms with Crippen LogP contribution < -0.4 is 4.74 Å². The Bertz CT molecular complexity index is 755. The number of aliphatic imine (C=N–C) groups is 1. The molecule has 2 aromatic rings. The summed E-state index contributed by atoms with van der Waals surface area (Å²) in [4.78, 5) is 16.7. The summed E-state index contributed by atoms with van der Waals surface area (Å²) >= 11 is 7.08. The summed E-state index contributed by atoms with van der Waals surface area (Å²) in [5.74, 6) is 0.0144. The van der Waals surface area contributed by atoms with Gasteiger partial charge in [-0.05, 0) is 24.5 Å². The van der Waals surface area contributed by atoms with Crippen molar-refractivity contribution in [3.63, 3.8) is 0 Å². The van der Waals surface area contributed by atoms with E-state index in [2.05, 4.69) is 13.7 Å². The number of carbonyl (C=O) groups excluding carboxylic acids is 1. The van der Waals surface area contributed by atoms with Crippen molar-refractivity contribution in [3.8, 4) is 5.75 Å². The molecule has 22 heavy (non-hydrogen) atoms. The molecule has 3 rings (SSSR count). The van der Waals surface area contributed by atoms with E-state index < -0.39 is 5.97 Å². The second kappa shape index (κ2) is 6.37. The summed E-state index contributed by atoms with van der Waals surface area (Å²) < 4.78 is 13.5. The molecule has 1 aromatic heterocycles. The van der Waals surface area contributed by atoms with Crippen LogP contribution in [0.5, 0.6) is 5.75 Å². The third-order valence-corrected chi connectivity index (χ3v) is 4.17. The maximum Gasteiger partial charge on any atom is 0.362 e. The fourth-order valence-electron chi connectivity index (χ4n) is 2.21. The van der Waals surface area contributed by atoms with Gasteiger partial charge < -0.3 is 4.74 Å². The number of hydrogen-bond acceptors (Lipinski definition) is 6. The molecule has 1 atom stereocenters. The predicted octanol–water partition coefficient (Wildman–Crippen LogP) is 3.62. The Morgan fingerprint density at radius 2 is 2.09 bits per heavy atom. The van der Waals surface area contributed by atoms with E-state index in [1.165, 1.54) is 0 Å². The summed E-state index contributed by atoms with van der Waals surface area (Å²) in [6.45, 7) is 1.99. The standard InChI is InChI=1S/C15H12ClN3O2S/c1-9-7-8-17-13(11(9)12-14(16)19-22-18-12)15(20)21-10-5-3-2-4-6-10/h2-6,8-9H,7H2,1H3. The molecule has 1 unspecified atom stereocenters. The van der Waals surface area contributed by atoms with Crippen molar-refractivity contribution in [3.05, 3.63) is 46.9 Å². The molecule has 1 aliphatic heterocycles. The van der Waals surface area contributed by atoms with Crippen LogP contribution in [0.3, 0.4) is 0 Å². The van der Waals surface area contributed by atoms with Crippen molar-refractivity contribution >= 4 is 41.1 Å². The van der Waals surface area contributed by atoms with Crippen molar-refractivity contribution in [2.24, 2.45) is 10.9 Å². The first-order chi connectivity index (χ1) is 10.7. The van der Waals surface area contributed by atoms with E-state index in [0.717, 1.165) is 11.7 Å². The van der Waals surface area contributed by atoms with Gasteiger partial charge in [0, 0.05) is 11.8 Å². The minimum atomic E-state index is -0.520. The molecule has 5 nitrogen and oxygen atoms in total. The summed E-state index contributed by atoms with van der Waals surface area (Å²) in [5.41, 5.74) is 1.43. The highest BCUT2D eigenvalue weighted by molar-refractivity contribution is 6.99. The highest BCUT2D eigenvalue weighted by atomic mass is 35.5. The summed E-state index contributed by atoms with van der Waals surface area (Å²) in [6, 6.07) is 8.87. The first-order valence-corrected chi connectivity index (χ1v) is 7.80. The van der Waals surface area contributed by atoms with Gasteiger partial charge in [-0.25, -0.2) is 4.79 Å². The van der Waals surface area contributed by atoms with Gasteiger partial charge in [0.15, 0.2) is 10.9 Å². The van der Waals surface area contributed by atoms with Gasteiger partial charge in [-0.3, -0.25) is 4.99 Å². The Morgan fingerprint density at radius 1 is 1.32 bits per heavy atom. The summed E-state index contributed by atoms with van der Waals surface area (Å²) in [6.07, 6.45) is 2.43. The highest BCUT2D eigenvalue weighted by Gasteiger charge is 2.28. The number of aromatic nitrogens is 2. The molecule has 0 fully saturated rings. The Labute approximate surface area is 136 Å². The van der Waals surface area contributed by atoms with Crippen molar-refractivity contribution in [2.75, 3.05) is 0 Å².